The van der Waals surface area contributed by atoms with Crippen molar-refractivity contribution in [2.75, 3.05) is 6.61 Å². The van der Waals surface area contributed by atoms with Gasteiger partial charge in [0.15, 0.2) is 0 Å². The molecular formula is C15H13Cl2NO2. The number of phenols is 1. The van der Waals surface area contributed by atoms with E-state index in [1.165, 1.54) is 12.3 Å². The summed E-state index contributed by atoms with van der Waals surface area (Å²) in [5.41, 5.74) is 1.12. The molecule has 0 amide bonds. The molecule has 0 saturated heterocycles. The Hall–Kier alpha value is -1.71. The van der Waals surface area contributed by atoms with Gasteiger partial charge in [-0.2, -0.15) is 0 Å². The Morgan fingerprint density at radius 3 is 2.75 bits per heavy atom. The van der Waals surface area contributed by atoms with Crippen LogP contribution in [0.2, 0.25) is 10.0 Å². The Kier molecular flexibility index (Phi) is 4.88. The Balaban J connectivity index is 2.35. The van der Waals surface area contributed by atoms with Gasteiger partial charge in [-0.15, -0.1) is 0 Å². The van der Waals surface area contributed by atoms with Gasteiger partial charge in [0, 0.05) is 16.8 Å². The summed E-state index contributed by atoms with van der Waals surface area (Å²) in [4.78, 5) is 4.31. The Morgan fingerprint density at radius 1 is 1.25 bits per heavy atom. The van der Waals surface area contributed by atoms with Crippen LogP contribution in [0.1, 0.15) is 12.5 Å². The topological polar surface area (TPSA) is 41.8 Å². The molecule has 20 heavy (non-hydrogen) atoms. The second-order valence-electron chi connectivity index (χ2n) is 3.98. The van der Waals surface area contributed by atoms with Gasteiger partial charge in [0.2, 0.25) is 0 Å². The lowest BCUT2D eigenvalue weighted by atomic mass is 10.2. The third-order valence-electron chi connectivity index (χ3n) is 2.57. The molecule has 0 unspecified atom stereocenters. The highest BCUT2D eigenvalue weighted by Gasteiger charge is 2.06. The van der Waals surface area contributed by atoms with Gasteiger partial charge >= 0.3 is 0 Å². The first-order valence-electron chi connectivity index (χ1n) is 6.05. The van der Waals surface area contributed by atoms with Crippen molar-refractivity contribution < 1.29 is 9.84 Å². The molecule has 0 radical (unpaired) electrons. The Morgan fingerprint density at radius 2 is 2.00 bits per heavy atom. The summed E-state index contributed by atoms with van der Waals surface area (Å²) in [5.74, 6) is 0.632. The van der Waals surface area contributed by atoms with Crippen molar-refractivity contribution in [2.45, 2.75) is 6.92 Å². The molecule has 2 aromatic rings. The van der Waals surface area contributed by atoms with Gasteiger partial charge < -0.3 is 9.84 Å². The highest BCUT2D eigenvalue weighted by atomic mass is 35.5. The van der Waals surface area contributed by atoms with Gasteiger partial charge in [-0.25, -0.2) is 0 Å². The molecule has 0 aromatic heterocycles. The number of ether oxygens (including phenoxy) is 1. The van der Waals surface area contributed by atoms with Crippen LogP contribution in [-0.2, 0) is 0 Å². The maximum atomic E-state index is 9.86. The van der Waals surface area contributed by atoms with Gasteiger partial charge in [0.05, 0.1) is 11.6 Å². The van der Waals surface area contributed by atoms with E-state index in [9.17, 15) is 5.11 Å². The van der Waals surface area contributed by atoms with E-state index in [1.807, 2.05) is 31.2 Å². The standard InChI is InChI=1S/C15H13Cl2NO2/c1-2-20-14-6-4-3-5-13(14)18-9-10-7-11(16)8-12(17)15(10)19/h3-9,19H,2H2,1H3. The monoisotopic (exact) mass is 309 g/mol. The average Bonchev–Trinajstić information content (AvgIpc) is 2.43. The van der Waals surface area contributed by atoms with Crippen LogP contribution in [-0.4, -0.2) is 17.9 Å². The summed E-state index contributed by atoms with van der Waals surface area (Å²) >= 11 is 11.8. The van der Waals surface area contributed by atoms with Crippen molar-refractivity contribution in [3.8, 4) is 11.5 Å². The Bertz CT molecular complexity index is 642. The van der Waals surface area contributed by atoms with Crippen molar-refractivity contribution in [3.05, 3.63) is 52.0 Å². The van der Waals surface area contributed by atoms with Gasteiger partial charge in [0.25, 0.3) is 0 Å². The molecule has 0 aliphatic carbocycles. The van der Waals surface area contributed by atoms with Crippen LogP contribution >= 0.6 is 23.2 Å². The van der Waals surface area contributed by atoms with Crippen LogP contribution in [0, 0.1) is 0 Å². The highest BCUT2D eigenvalue weighted by Crippen LogP contribution is 2.31. The molecule has 0 bridgehead atoms. The lowest BCUT2D eigenvalue weighted by Crippen LogP contribution is -1.91. The molecule has 2 rings (SSSR count). The predicted octanol–water partition coefficient (Wildman–Crippen LogP) is 4.85. The zero-order valence-electron chi connectivity index (χ0n) is 10.8. The number of phenolic OH excluding ortho intramolecular Hbond substituents is 1. The maximum Gasteiger partial charge on any atom is 0.144 e. The van der Waals surface area contributed by atoms with Gasteiger partial charge in [-0.05, 0) is 31.2 Å². The number of aliphatic imine (C=N–C) groups is 1. The second kappa shape index (κ2) is 6.64. The minimum atomic E-state index is -0.0475. The summed E-state index contributed by atoms with van der Waals surface area (Å²) in [6.45, 7) is 2.46. The molecule has 0 heterocycles. The molecular weight excluding hydrogens is 297 g/mol. The molecule has 0 aliphatic heterocycles. The summed E-state index contributed by atoms with van der Waals surface area (Å²) < 4.78 is 5.47. The van der Waals surface area contributed by atoms with E-state index in [4.69, 9.17) is 27.9 Å². The molecule has 0 atom stereocenters. The first-order chi connectivity index (χ1) is 9.61. The van der Waals surface area contributed by atoms with Gasteiger partial charge in [-0.1, -0.05) is 35.3 Å². The van der Waals surface area contributed by atoms with Crippen molar-refractivity contribution >= 4 is 35.1 Å². The van der Waals surface area contributed by atoms with Crippen LogP contribution in [0.15, 0.2) is 41.4 Å². The number of hydrogen-bond donors (Lipinski definition) is 1. The van der Waals surface area contributed by atoms with Crippen LogP contribution in [0.5, 0.6) is 11.5 Å². The number of benzene rings is 2. The molecule has 1 N–H and O–H groups in total. The summed E-state index contributed by atoms with van der Waals surface area (Å²) in [5, 5.41) is 10.5. The quantitative estimate of drug-likeness (QED) is 0.820. The SMILES string of the molecule is CCOc1ccccc1N=Cc1cc(Cl)cc(Cl)c1O. The van der Waals surface area contributed by atoms with E-state index in [1.54, 1.807) is 6.07 Å². The highest BCUT2D eigenvalue weighted by molar-refractivity contribution is 6.36. The number of hydrogen-bond acceptors (Lipinski definition) is 3. The third-order valence-corrected chi connectivity index (χ3v) is 3.07. The fourth-order valence-electron chi connectivity index (χ4n) is 1.66. The molecule has 0 saturated carbocycles. The maximum absolute atomic E-state index is 9.86. The third kappa shape index (κ3) is 3.44. The molecule has 0 spiro atoms. The largest absolute Gasteiger partial charge is 0.506 e. The molecule has 0 aliphatic rings. The van der Waals surface area contributed by atoms with E-state index in [0.29, 0.717) is 28.6 Å². The van der Waals surface area contributed by atoms with Gasteiger partial charge in [-0.3, -0.25) is 4.99 Å². The lowest BCUT2D eigenvalue weighted by molar-refractivity contribution is 0.341. The zero-order chi connectivity index (χ0) is 14.5. The predicted molar refractivity (Wildman–Crippen MR) is 83.0 cm³/mol. The number of halogens is 2. The molecule has 3 nitrogen and oxygen atoms in total. The zero-order valence-corrected chi connectivity index (χ0v) is 12.3. The van der Waals surface area contributed by atoms with Crippen molar-refractivity contribution in [2.24, 2.45) is 4.99 Å². The van der Waals surface area contributed by atoms with Crippen molar-refractivity contribution in [1.82, 2.24) is 0 Å². The number of nitrogens with zero attached hydrogens (tertiary/aromatic N) is 1. The lowest BCUT2D eigenvalue weighted by Gasteiger charge is -2.06. The van der Waals surface area contributed by atoms with E-state index in [-0.39, 0.29) is 10.8 Å². The smallest absolute Gasteiger partial charge is 0.144 e. The minimum absolute atomic E-state index is 0.0475. The summed E-state index contributed by atoms with van der Waals surface area (Å²) in [6.07, 6.45) is 1.50. The van der Waals surface area contributed by atoms with Crippen molar-refractivity contribution in [1.29, 1.82) is 0 Å². The number of aromatic hydroxyl groups is 1. The van der Waals surface area contributed by atoms with Crippen LogP contribution in [0.4, 0.5) is 5.69 Å². The second-order valence-corrected chi connectivity index (χ2v) is 4.83. The fourth-order valence-corrected chi connectivity index (χ4v) is 2.17. The summed E-state index contributed by atoms with van der Waals surface area (Å²) in [6, 6.07) is 10.5. The molecule has 2 aromatic carbocycles. The fraction of sp³-hybridized carbons (Fsp3) is 0.133. The van der Waals surface area contributed by atoms with E-state index in [0.717, 1.165) is 0 Å². The van der Waals surface area contributed by atoms with Crippen LogP contribution in [0.25, 0.3) is 0 Å². The molecule has 104 valence electrons. The molecule has 0 fully saturated rings. The van der Waals surface area contributed by atoms with E-state index < -0.39 is 0 Å². The first-order valence-corrected chi connectivity index (χ1v) is 6.81. The number of para-hydroxylation sites is 2. The van der Waals surface area contributed by atoms with Gasteiger partial charge in [0.1, 0.15) is 17.2 Å². The van der Waals surface area contributed by atoms with E-state index >= 15 is 0 Å². The first kappa shape index (κ1) is 14.7. The number of rotatable bonds is 4. The minimum Gasteiger partial charge on any atom is -0.506 e. The Labute approximate surface area is 127 Å². The van der Waals surface area contributed by atoms with E-state index in [2.05, 4.69) is 4.99 Å². The summed E-state index contributed by atoms with van der Waals surface area (Å²) in [7, 11) is 0. The average molecular weight is 310 g/mol. The molecule has 5 heteroatoms. The van der Waals surface area contributed by atoms with Crippen LogP contribution in [0.3, 0.4) is 0 Å². The van der Waals surface area contributed by atoms with Crippen molar-refractivity contribution in [3.63, 3.8) is 0 Å². The normalized spacial score (nSPS) is 10.9. The van der Waals surface area contributed by atoms with Crippen LogP contribution < -0.4 is 4.74 Å².